The number of nitrogens with zero attached hydrogens (tertiary/aromatic N) is 1. The summed E-state index contributed by atoms with van der Waals surface area (Å²) in [4.78, 5) is 23.3. The van der Waals surface area contributed by atoms with Gasteiger partial charge >= 0.3 is 0 Å². The molecule has 0 atom stereocenters. The van der Waals surface area contributed by atoms with Gasteiger partial charge in [-0.15, -0.1) is 0 Å². The molecule has 1 fully saturated rings. The molecule has 1 aromatic carbocycles. The third kappa shape index (κ3) is 3.41. The Bertz CT molecular complexity index is 510. The van der Waals surface area contributed by atoms with Gasteiger partial charge in [-0.25, -0.2) is 0 Å². The van der Waals surface area contributed by atoms with Crippen LogP contribution < -0.4 is 5.32 Å². The third-order valence-corrected chi connectivity index (χ3v) is 3.48. The molecule has 0 spiro atoms. The van der Waals surface area contributed by atoms with Crippen LogP contribution in [0, 0.1) is 17.2 Å². The minimum absolute atomic E-state index is 0.105. The molecular formula is C15H16N2O2. The first-order chi connectivity index (χ1) is 9.20. The Balaban J connectivity index is 1.91. The Morgan fingerprint density at radius 3 is 2.37 bits per heavy atom. The number of ketones is 1. The van der Waals surface area contributed by atoms with E-state index >= 15 is 0 Å². The van der Waals surface area contributed by atoms with Crippen molar-refractivity contribution in [3.05, 3.63) is 35.4 Å². The van der Waals surface area contributed by atoms with E-state index in [9.17, 15) is 9.59 Å². The summed E-state index contributed by atoms with van der Waals surface area (Å²) < 4.78 is 0. The van der Waals surface area contributed by atoms with Gasteiger partial charge in [0, 0.05) is 17.7 Å². The first kappa shape index (κ1) is 13.3. The number of nitriles is 1. The number of Topliss-reactive ketones (excluding diaryl/α,β-unsaturated/α-hetero) is 1. The van der Waals surface area contributed by atoms with Crippen LogP contribution in [0.5, 0.6) is 0 Å². The van der Waals surface area contributed by atoms with Gasteiger partial charge in [0.1, 0.15) is 0 Å². The van der Waals surface area contributed by atoms with Gasteiger partial charge in [-0.05, 0) is 30.9 Å². The number of hydrogen-bond donors (Lipinski definition) is 1. The first-order valence-corrected chi connectivity index (χ1v) is 6.49. The summed E-state index contributed by atoms with van der Waals surface area (Å²) in [5.74, 6) is 0.301. The van der Waals surface area contributed by atoms with Crippen LogP contribution in [0.25, 0.3) is 0 Å². The molecule has 1 aliphatic rings. The monoisotopic (exact) mass is 256 g/mol. The van der Waals surface area contributed by atoms with Gasteiger partial charge in [-0.2, -0.15) is 5.26 Å². The van der Waals surface area contributed by atoms with E-state index in [0.717, 1.165) is 6.54 Å². The average Bonchev–Trinajstić information content (AvgIpc) is 2.37. The molecule has 0 aromatic heterocycles. The highest BCUT2D eigenvalue weighted by molar-refractivity contribution is 5.99. The molecule has 0 radical (unpaired) electrons. The first-order valence-electron chi connectivity index (χ1n) is 6.49. The van der Waals surface area contributed by atoms with Crippen LogP contribution in [0.15, 0.2) is 24.3 Å². The maximum Gasteiger partial charge on any atom is 0.251 e. The topological polar surface area (TPSA) is 70.0 Å². The summed E-state index contributed by atoms with van der Waals surface area (Å²) in [7, 11) is 0. The predicted octanol–water partition coefficient (Wildman–Crippen LogP) is 2.31. The number of carbonyl (C=O) groups is 2. The van der Waals surface area contributed by atoms with E-state index < -0.39 is 0 Å². The Labute approximate surface area is 112 Å². The highest BCUT2D eigenvalue weighted by Gasteiger charge is 2.18. The summed E-state index contributed by atoms with van der Waals surface area (Å²) in [5.41, 5.74) is 1.02. The average molecular weight is 256 g/mol. The lowest BCUT2D eigenvalue weighted by Gasteiger charge is -2.25. The molecule has 1 N–H and O–H groups in total. The zero-order chi connectivity index (χ0) is 13.7. The smallest absolute Gasteiger partial charge is 0.251 e. The van der Waals surface area contributed by atoms with Crippen molar-refractivity contribution >= 4 is 11.7 Å². The van der Waals surface area contributed by atoms with Crippen LogP contribution >= 0.6 is 0 Å². The van der Waals surface area contributed by atoms with Gasteiger partial charge in [0.25, 0.3) is 5.91 Å². The largest absolute Gasteiger partial charge is 0.352 e. The lowest BCUT2D eigenvalue weighted by molar-refractivity contribution is 0.0937. The highest BCUT2D eigenvalue weighted by atomic mass is 16.1. The maximum absolute atomic E-state index is 11.8. The fraction of sp³-hybridized carbons (Fsp3) is 0.400. The molecule has 4 heteroatoms. The van der Waals surface area contributed by atoms with Crippen LogP contribution in [0.2, 0.25) is 0 Å². The molecule has 1 saturated carbocycles. The van der Waals surface area contributed by atoms with Crippen molar-refractivity contribution in [2.45, 2.75) is 25.7 Å². The van der Waals surface area contributed by atoms with E-state index in [1.165, 1.54) is 19.3 Å². The number of amides is 1. The normalized spacial score (nSPS) is 14.3. The van der Waals surface area contributed by atoms with Gasteiger partial charge in [-0.3, -0.25) is 9.59 Å². The summed E-state index contributed by atoms with van der Waals surface area (Å²) >= 11 is 0. The highest BCUT2D eigenvalue weighted by Crippen LogP contribution is 2.25. The lowest BCUT2D eigenvalue weighted by atomic mass is 9.85. The SMILES string of the molecule is N#CCC(=O)c1ccc(C(=O)NCC2CCC2)cc1. The molecule has 2 rings (SSSR count). The van der Waals surface area contributed by atoms with E-state index in [1.54, 1.807) is 24.3 Å². The molecule has 0 bridgehead atoms. The zero-order valence-corrected chi connectivity index (χ0v) is 10.7. The van der Waals surface area contributed by atoms with Crippen molar-refractivity contribution in [3.8, 4) is 6.07 Å². The molecule has 0 saturated heterocycles. The van der Waals surface area contributed by atoms with Crippen LogP contribution in [0.4, 0.5) is 0 Å². The molecule has 4 nitrogen and oxygen atoms in total. The Kier molecular flexibility index (Phi) is 4.30. The van der Waals surface area contributed by atoms with Gasteiger partial charge in [0.15, 0.2) is 5.78 Å². The van der Waals surface area contributed by atoms with Crippen molar-refractivity contribution in [1.82, 2.24) is 5.32 Å². The third-order valence-electron chi connectivity index (χ3n) is 3.48. The van der Waals surface area contributed by atoms with E-state index in [2.05, 4.69) is 5.32 Å². The Hall–Kier alpha value is -2.15. The molecule has 98 valence electrons. The van der Waals surface area contributed by atoms with Crippen LogP contribution in [-0.4, -0.2) is 18.2 Å². The number of benzene rings is 1. The second kappa shape index (κ2) is 6.14. The van der Waals surface area contributed by atoms with E-state index in [4.69, 9.17) is 5.26 Å². The fourth-order valence-corrected chi connectivity index (χ4v) is 2.02. The fourth-order valence-electron chi connectivity index (χ4n) is 2.02. The van der Waals surface area contributed by atoms with Crippen LogP contribution in [0.3, 0.4) is 0 Å². The quantitative estimate of drug-likeness (QED) is 0.822. The van der Waals surface area contributed by atoms with Gasteiger partial charge < -0.3 is 5.32 Å². The standard InChI is InChI=1S/C15H16N2O2/c16-9-8-14(18)12-4-6-13(7-5-12)15(19)17-10-11-2-1-3-11/h4-7,11H,1-3,8,10H2,(H,17,19). The molecule has 1 aliphatic carbocycles. The maximum atomic E-state index is 11.8. The molecule has 1 aromatic rings. The van der Waals surface area contributed by atoms with Crippen molar-refractivity contribution in [2.24, 2.45) is 5.92 Å². The molecule has 0 aliphatic heterocycles. The summed E-state index contributed by atoms with van der Waals surface area (Å²) in [6, 6.07) is 8.26. The van der Waals surface area contributed by atoms with E-state index in [-0.39, 0.29) is 18.1 Å². The second-order valence-electron chi connectivity index (χ2n) is 4.84. The Morgan fingerprint density at radius 1 is 1.21 bits per heavy atom. The summed E-state index contributed by atoms with van der Waals surface area (Å²) in [6.07, 6.45) is 3.52. The van der Waals surface area contributed by atoms with Crippen molar-refractivity contribution in [2.75, 3.05) is 6.54 Å². The van der Waals surface area contributed by atoms with Crippen molar-refractivity contribution < 1.29 is 9.59 Å². The summed E-state index contributed by atoms with van der Waals surface area (Å²) in [6.45, 7) is 0.730. The van der Waals surface area contributed by atoms with Gasteiger partial charge in [0.05, 0.1) is 12.5 Å². The zero-order valence-electron chi connectivity index (χ0n) is 10.7. The molecule has 1 amide bonds. The van der Waals surface area contributed by atoms with E-state index in [1.807, 2.05) is 6.07 Å². The van der Waals surface area contributed by atoms with E-state index in [0.29, 0.717) is 17.0 Å². The minimum Gasteiger partial charge on any atom is -0.352 e. The number of nitrogens with one attached hydrogen (secondary N) is 1. The second-order valence-corrected chi connectivity index (χ2v) is 4.84. The number of hydrogen-bond acceptors (Lipinski definition) is 3. The molecule has 0 unspecified atom stereocenters. The van der Waals surface area contributed by atoms with Crippen molar-refractivity contribution in [1.29, 1.82) is 5.26 Å². The van der Waals surface area contributed by atoms with Gasteiger partial charge in [-0.1, -0.05) is 18.6 Å². The van der Waals surface area contributed by atoms with Crippen molar-refractivity contribution in [3.63, 3.8) is 0 Å². The Morgan fingerprint density at radius 2 is 1.84 bits per heavy atom. The number of carbonyl (C=O) groups excluding carboxylic acids is 2. The van der Waals surface area contributed by atoms with Crippen LogP contribution in [-0.2, 0) is 0 Å². The van der Waals surface area contributed by atoms with Gasteiger partial charge in [0.2, 0.25) is 0 Å². The lowest BCUT2D eigenvalue weighted by Crippen LogP contribution is -2.32. The summed E-state index contributed by atoms with van der Waals surface area (Å²) in [5, 5.41) is 11.4. The predicted molar refractivity (Wildman–Crippen MR) is 70.7 cm³/mol. The molecule has 19 heavy (non-hydrogen) atoms. The minimum atomic E-state index is -0.219. The number of rotatable bonds is 5. The molecule has 0 heterocycles. The van der Waals surface area contributed by atoms with Crippen LogP contribution in [0.1, 0.15) is 46.4 Å². The molecular weight excluding hydrogens is 240 g/mol.